The highest BCUT2D eigenvalue weighted by atomic mass is 32.2. The molecule has 0 aliphatic rings. The molecule has 0 fully saturated rings. The second kappa shape index (κ2) is 4.81. The molecule has 1 aromatic carbocycles. The smallest absolute Gasteiger partial charge is 0.322 e. The number of nitrogens with one attached hydrogen (secondary N) is 1. The Labute approximate surface area is 131 Å². The zero-order valence-corrected chi connectivity index (χ0v) is 13.3. The number of benzene rings is 1. The van der Waals surface area contributed by atoms with Crippen LogP contribution in [0, 0.1) is 13.8 Å². The number of para-hydroxylation sites is 2. The van der Waals surface area contributed by atoms with Crippen molar-refractivity contribution in [2.45, 2.75) is 24.0 Å². The average Bonchev–Trinajstić information content (AvgIpc) is 3.00. The van der Waals surface area contributed by atoms with Crippen LogP contribution in [0.4, 0.5) is 0 Å². The summed E-state index contributed by atoms with van der Waals surface area (Å²) in [7, 11) is 2.03. The van der Waals surface area contributed by atoms with E-state index in [4.69, 9.17) is 4.98 Å². The van der Waals surface area contributed by atoms with Gasteiger partial charge in [0.05, 0.1) is 11.0 Å². The highest BCUT2D eigenvalue weighted by Crippen LogP contribution is 2.27. The molecule has 0 unspecified atom stereocenters. The van der Waals surface area contributed by atoms with Crippen molar-refractivity contribution in [2.75, 3.05) is 0 Å². The summed E-state index contributed by atoms with van der Waals surface area (Å²) in [6.07, 6.45) is 0. The molecule has 0 atom stereocenters. The largest absolute Gasteiger partial charge is 0.458 e. The molecule has 0 saturated heterocycles. The molecule has 6 nitrogen and oxygen atoms in total. The number of rotatable bonds is 2. The van der Waals surface area contributed by atoms with E-state index in [1.807, 2.05) is 49.7 Å². The van der Waals surface area contributed by atoms with Crippen molar-refractivity contribution < 1.29 is 4.52 Å². The number of H-pyrrole nitrogens is 1. The Morgan fingerprint density at radius 1 is 1.14 bits per heavy atom. The third kappa shape index (κ3) is 2.05. The second-order valence-corrected chi connectivity index (χ2v) is 6.21. The van der Waals surface area contributed by atoms with Crippen LogP contribution in [0.1, 0.15) is 11.5 Å². The maximum Gasteiger partial charge on any atom is 0.458 e. The first-order valence-electron chi connectivity index (χ1n) is 6.97. The third-order valence-electron chi connectivity index (χ3n) is 3.51. The van der Waals surface area contributed by atoms with Gasteiger partial charge in [0.15, 0.2) is 10.2 Å². The molecule has 3 heterocycles. The van der Waals surface area contributed by atoms with E-state index in [2.05, 4.69) is 25.7 Å². The number of hydrogen-bond donors (Lipinski definition) is 1. The van der Waals surface area contributed by atoms with Crippen LogP contribution in [-0.4, -0.2) is 24.6 Å². The van der Waals surface area contributed by atoms with Crippen LogP contribution >= 0.6 is 11.8 Å². The van der Waals surface area contributed by atoms with E-state index in [-0.39, 0.29) is 0 Å². The lowest BCUT2D eigenvalue weighted by atomic mass is 10.3. The number of nitrogens with zero attached hydrogens (tertiary/aromatic N) is 5. The predicted molar refractivity (Wildman–Crippen MR) is 83.9 cm³/mol. The van der Waals surface area contributed by atoms with Gasteiger partial charge >= 0.3 is 5.78 Å². The number of fused-ring (bicyclic) bond motifs is 2. The molecule has 0 aliphatic heterocycles. The molecule has 4 rings (SSSR count). The molecule has 0 aliphatic carbocycles. The normalized spacial score (nSPS) is 11.6. The van der Waals surface area contributed by atoms with Gasteiger partial charge in [-0.3, -0.25) is 0 Å². The number of aryl methyl sites for hydroxylation is 3. The molecule has 0 bridgehead atoms. The van der Waals surface area contributed by atoms with Gasteiger partial charge in [0.2, 0.25) is 5.82 Å². The van der Waals surface area contributed by atoms with Crippen LogP contribution in [0.2, 0.25) is 0 Å². The van der Waals surface area contributed by atoms with E-state index in [0.717, 1.165) is 32.7 Å². The zero-order valence-electron chi connectivity index (χ0n) is 12.5. The molecule has 4 aromatic rings. The predicted octanol–water partition coefficient (Wildman–Crippen LogP) is 2.20. The maximum atomic E-state index is 4.71. The molecule has 0 radical (unpaired) electrons. The lowest BCUT2D eigenvalue weighted by Crippen LogP contribution is -2.28. The fourth-order valence-electron chi connectivity index (χ4n) is 2.48. The fourth-order valence-corrected chi connectivity index (χ4v) is 3.50. The van der Waals surface area contributed by atoms with Crippen molar-refractivity contribution >= 4 is 28.6 Å². The zero-order chi connectivity index (χ0) is 15.3. The van der Waals surface area contributed by atoms with Gasteiger partial charge in [-0.25, -0.2) is 10.1 Å². The Morgan fingerprint density at radius 3 is 2.77 bits per heavy atom. The summed E-state index contributed by atoms with van der Waals surface area (Å²) in [6.45, 7) is 3.90. The third-order valence-corrected chi connectivity index (χ3v) is 4.57. The van der Waals surface area contributed by atoms with E-state index < -0.39 is 0 Å². The van der Waals surface area contributed by atoms with Crippen LogP contribution < -0.4 is 4.52 Å². The molecule has 22 heavy (non-hydrogen) atoms. The van der Waals surface area contributed by atoms with Crippen molar-refractivity contribution in [2.24, 2.45) is 7.05 Å². The molecule has 0 amide bonds. The Balaban J connectivity index is 1.87. The first-order valence-corrected chi connectivity index (χ1v) is 7.79. The minimum absolute atomic E-state index is 0.679. The Hall–Kier alpha value is -2.41. The monoisotopic (exact) mass is 311 g/mol. The van der Waals surface area contributed by atoms with Crippen molar-refractivity contribution in [1.82, 2.24) is 24.6 Å². The van der Waals surface area contributed by atoms with Gasteiger partial charge in [0.1, 0.15) is 5.69 Å². The first-order chi connectivity index (χ1) is 10.6. The van der Waals surface area contributed by atoms with Gasteiger partial charge in [-0.05, 0) is 30.8 Å². The topological polar surface area (TPSA) is 63.5 Å². The van der Waals surface area contributed by atoms with E-state index in [1.165, 1.54) is 0 Å². The van der Waals surface area contributed by atoms with Crippen molar-refractivity contribution in [3.63, 3.8) is 0 Å². The SMILES string of the molecule is Cc1cc(Sc2nc3ccccc3n2C)[n+]2[nH]c(C)nc2n1. The molecular formula is C15H15N6S+. The lowest BCUT2D eigenvalue weighted by Gasteiger charge is -2.01. The molecule has 3 aromatic heterocycles. The average molecular weight is 311 g/mol. The van der Waals surface area contributed by atoms with Crippen LogP contribution in [0.15, 0.2) is 40.5 Å². The molecule has 0 saturated carbocycles. The number of aromatic nitrogens is 6. The molecule has 0 spiro atoms. The van der Waals surface area contributed by atoms with Gasteiger partial charge in [0.25, 0.3) is 0 Å². The molecule has 110 valence electrons. The first kappa shape index (κ1) is 13.3. The molecular weight excluding hydrogens is 296 g/mol. The Kier molecular flexibility index (Phi) is 2.90. The van der Waals surface area contributed by atoms with E-state index in [1.54, 1.807) is 11.8 Å². The summed E-state index contributed by atoms with van der Waals surface area (Å²) >= 11 is 1.60. The summed E-state index contributed by atoms with van der Waals surface area (Å²) in [6, 6.07) is 10.2. The standard InChI is InChI=1S/C15H14N6S/c1-9-8-13(21-14(16-9)17-10(2)19-21)22-15-18-11-6-4-5-7-12(11)20(15)3/h4-8H,1-3H3/p+1. The quantitative estimate of drug-likeness (QED) is 0.455. The van der Waals surface area contributed by atoms with Crippen molar-refractivity contribution in [1.29, 1.82) is 0 Å². The summed E-state index contributed by atoms with van der Waals surface area (Å²) in [4.78, 5) is 13.5. The number of hydrogen-bond acceptors (Lipinski definition) is 4. The van der Waals surface area contributed by atoms with Crippen LogP contribution in [0.5, 0.6) is 0 Å². The summed E-state index contributed by atoms with van der Waals surface area (Å²) in [5.41, 5.74) is 3.06. The lowest BCUT2D eigenvalue weighted by molar-refractivity contribution is -0.620. The van der Waals surface area contributed by atoms with Crippen LogP contribution in [-0.2, 0) is 7.05 Å². The molecule has 1 N–H and O–H groups in total. The highest BCUT2D eigenvalue weighted by molar-refractivity contribution is 7.99. The maximum absolute atomic E-state index is 4.71. The van der Waals surface area contributed by atoms with Gasteiger partial charge in [-0.2, -0.15) is 0 Å². The van der Waals surface area contributed by atoms with E-state index in [0.29, 0.717) is 5.78 Å². The van der Waals surface area contributed by atoms with Crippen molar-refractivity contribution in [3.8, 4) is 0 Å². The van der Waals surface area contributed by atoms with Gasteiger partial charge in [-0.1, -0.05) is 22.1 Å². The summed E-state index contributed by atoms with van der Waals surface area (Å²) in [5, 5.41) is 5.17. The second-order valence-electron chi connectivity index (χ2n) is 5.22. The number of imidazole rings is 1. The van der Waals surface area contributed by atoms with Crippen molar-refractivity contribution in [3.05, 3.63) is 41.9 Å². The fraction of sp³-hybridized carbons (Fsp3) is 0.200. The minimum Gasteiger partial charge on any atom is -0.322 e. The summed E-state index contributed by atoms with van der Waals surface area (Å²) in [5.74, 6) is 1.52. The summed E-state index contributed by atoms with van der Waals surface area (Å²) < 4.78 is 4.00. The van der Waals surface area contributed by atoms with Crippen LogP contribution in [0.3, 0.4) is 0 Å². The minimum atomic E-state index is 0.679. The van der Waals surface area contributed by atoms with Gasteiger partial charge in [0, 0.05) is 20.0 Å². The van der Waals surface area contributed by atoms with E-state index >= 15 is 0 Å². The van der Waals surface area contributed by atoms with Gasteiger partial charge < -0.3 is 4.57 Å². The van der Waals surface area contributed by atoms with Gasteiger partial charge in [-0.15, -0.1) is 4.52 Å². The Bertz CT molecular complexity index is 1000. The van der Waals surface area contributed by atoms with E-state index in [9.17, 15) is 0 Å². The number of aromatic amines is 1. The van der Waals surface area contributed by atoms with Crippen LogP contribution in [0.25, 0.3) is 16.8 Å². The molecule has 7 heteroatoms. The Morgan fingerprint density at radius 2 is 1.95 bits per heavy atom. The highest BCUT2D eigenvalue weighted by Gasteiger charge is 2.19.